The van der Waals surface area contributed by atoms with E-state index in [1.807, 2.05) is 13.0 Å². The van der Waals surface area contributed by atoms with E-state index in [1.54, 1.807) is 49.4 Å². The van der Waals surface area contributed by atoms with E-state index in [4.69, 9.17) is 27.6 Å². The lowest BCUT2D eigenvalue weighted by molar-refractivity contribution is -0.119. The molecule has 168 valence electrons. The van der Waals surface area contributed by atoms with Crippen molar-refractivity contribution in [3.63, 3.8) is 0 Å². The molecule has 0 radical (unpaired) electrons. The van der Waals surface area contributed by atoms with E-state index in [9.17, 15) is 13.2 Å². The minimum Gasteiger partial charge on any atom is -0.455 e. The van der Waals surface area contributed by atoms with Crippen molar-refractivity contribution < 1.29 is 17.6 Å². The molecular formula is C22H21Cl2N3O4S. The smallest absolute Gasteiger partial charge is 0.260 e. The highest BCUT2D eigenvalue weighted by Gasteiger charge is 2.22. The molecule has 0 bridgehead atoms. The molecule has 32 heavy (non-hydrogen) atoms. The Kier molecular flexibility index (Phi) is 7.28. The second kappa shape index (κ2) is 9.77. The SMILES string of the molecule is Cc1ccc(N(CC(=O)N/N=C/c2ccc(-c3ccc(Cl)cc3Cl)o2)S(C)(=O)=O)c(C)c1. The van der Waals surface area contributed by atoms with Gasteiger partial charge in [-0.2, -0.15) is 5.10 Å². The van der Waals surface area contributed by atoms with Gasteiger partial charge in [0.15, 0.2) is 0 Å². The van der Waals surface area contributed by atoms with Gasteiger partial charge >= 0.3 is 0 Å². The average molecular weight is 494 g/mol. The van der Waals surface area contributed by atoms with Crippen molar-refractivity contribution in [2.45, 2.75) is 13.8 Å². The zero-order valence-electron chi connectivity index (χ0n) is 17.6. The largest absolute Gasteiger partial charge is 0.455 e. The number of halogens is 2. The zero-order valence-corrected chi connectivity index (χ0v) is 19.9. The number of benzene rings is 2. The molecule has 3 rings (SSSR count). The molecule has 0 aliphatic heterocycles. The number of nitrogens with one attached hydrogen (secondary N) is 1. The Morgan fingerprint density at radius 1 is 1.12 bits per heavy atom. The fraction of sp³-hybridized carbons (Fsp3) is 0.182. The first kappa shape index (κ1) is 23.8. The molecule has 0 atom stereocenters. The van der Waals surface area contributed by atoms with Gasteiger partial charge in [-0.05, 0) is 55.8 Å². The lowest BCUT2D eigenvalue weighted by atomic mass is 10.1. The molecule has 1 heterocycles. The first-order valence-electron chi connectivity index (χ1n) is 9.47. The molecule has 0 aliphatic rings. The highest BCUT2D eigenvalue weighted by Crippen LogP contribution is 2.31. The summed E-state index contributed by atoms with van der Waals surface area (Å²) in [7, 11) is -3.68. The van der Waals surface area contributed by atoms with E-state index in [0.717, 1.165) is 21.7 Å². The van der Waals surface area contributed by atoms with Gasteiger partial charge in [-0.3, -0.25) is 9.10 Å². The highest BCUT2D eigenvalue weighted by atomic mass is 35.5. The molecule has 1 amide bonds. The van der Waals surface area contributed by atoms with Crippen LogP contribution in [0.25, 0.3) is 11.3 Å². The molecule has 0 saturated heterocycles. The normalized spacial score (nSPS) is 11.7. The van der Waals surface area contributed by atoms with Crippen LogP contribution in [0.15, 0.2) is 58.0 Å². The van der Waals surface area contributed by atoms with Gasteiger partial charge in [0.25, 0.3) is 5.91 Å². The summed E-state index contributed by atoms with van der Waals surface area (Å²) >= 11 is 12.1. The van der Waals surface area contributed by atoms with Gasteiger partial charge in [0.2, 0.25) is 10.0 Å². The Bertz CT molecular complexity index is 1290. The van der Waals surface area contributed by atoms with E-state index in [2.05, 4.69) is 10.5 Å². The third-order valence-corrected chi connectivity index (χ3v) is 6.19. The molecule has 2 aromatic carbocycles. The minimum absolute atomic E-state index is 0.376. The number of carbonyl (C=O) groups excluding carboxylic acids is 1. The maximum Gasteiger partial charge on any atom is 0.260 e. The number of furan rings is 1. The minimum atomic E-state index is -3.68. The van der Waals surface area contributed by atoms with Crippen LogP contribution in [0.4, 0.5) is 5.69 Å². The lowest BCUT2D eigenvalue weighted by Gasteiger charge is -2.23. The molecule has 0 aliphatic carbocycles. The van der Waals surface area contributed by atoms with Gasteiger partial charge in [-0.25, -0.2) is 13.8 Å². The van der Waals surface area contributed by atoms with Crippen LogP contribution in [0, 0.1) is 13.8 Å². The van der Waals surface area contributed by atoms with Gasteiger partial charge in [0.05, 0.1) is 23.2 Å². The molecule has 0 saturated carbocycles. The third-order valence-electron chi connectivity index (χ3n) is 4.51. The topological polar surface area (TPSA) is 92.0 Å². The average Bonchev–Trinajstić information content (AvgIpc) is 3.14. The van der Waals surface area contributed by atoms with Gasteiger partial charge in [-0.15, -0.1) is 0 Å². The first-order chi connectivity index (χ1) is 15.0. The number of aryl methyl sites for hydroxylation is 2. The summed E-state index contributed by atoms with van der Waals surface area (Å²) < 4.78 is 31.2. The molecule has 1 N–H and O–H groups in total. The molecule has 7 nitrogen and oxygen atoms in total. The van der Waals surface area contributed by atoms with Crippen LogP contribution >= 0.6 is 23.2 Å². The molecule has 0 spiro atoms. The number of sulfonamides is 1. The first-order valence-corrected chi connectivity index (χ1v) is 12.1. The lowest BCUT2D eigenvalue weighted by Crippen LogP contribution is -2.39. The fourth-order valence-corrected chi connectivity index (χ4v) is 4.47. The van der Waals surface area contributed by atoms with Gasteiger partial charge in [0, 0.05) is 10.6 Å². The maximum atomic E-state index is 12.4. The Morgan fingerprint density at radius 3 is 2.53 bits per heavy atom. The molecule has 3 aromatic rings. The van der Waals surface area contributed by atoms with Crippen LogP contribution in [0.5, 0.6) is 0 Å². The van der Waals surface area contributed by atoms with Crippen molar-refractivity contribution in [2.75, 3.05) is 17.1 Å². The molecule has 0 fully saturated rings. The summed E-state index contributed by atoms with van der Waals surface area (Å²) in [6.07, 6.45) is 2.36. The van der Waals surface area contributed by atoms with E-state index in [-0.39, 0.29) is 0 Å². The van der Waals surface area contributed by atoms with Crippen molar-refractivity contribution in [1.29, 1.82) is 0 Å². The van der Waals surface area contributed by atoms with E-state index in [1.165, 1.54) is 6.21 Å². The molecule has 10 heteroatoms. The second-order valence-electron chi connectivity index (χ2n) is 7.18. The summed E-state index contributed by atoms with van der Waals surface area (Å²) in [4.78, 5) is 12.4. The molecule has 0 unspecified atom stereocenters. The summed E-state index contributed by atoms with van der Waals surface area (Å²) in [5, 5.41) is 4.81. The Morgan fingerprint density at radius 2 is 1.88 bits per heavy atom. The fourth-order valence-electron chi connectivity index (χ4n) is 3.06. The summed E-state index contributed by atoms with van der Waals surface area (Å²) in [6.45, 7) is 3.28. The van der Waals surface area contributed by atoms with E-state index in [0.29, 0.717) is 32.8 Å². The van der Waals surface area contributed by atoms with Gasteiger partial charge < -0.3 is 4.42 Å². The number of hydrogen-bond donors (Lipinski definition) is 1. The van der Waals surface area contributed by atoms with Crippen molar-refractivity contribution in [2.24, 2.45) is 5.10 Å². The van der Waals surface area contributed by atoms with Crippen molar-refractivity contribution in [3.8, 4) is 11.3 Å². The van der Waals surface area contributed by atoms with Gasteiger partial charge in [-0.1, -0.05) is 40.9 Å². The highest BCUT2D eigenvalue weighted by molar-refractivity contribution is 7.92. The Hall–Kier alpha value is -2.81. The predicted molar refractivity (Wildman–Crippen MR) is 128 cm³/mol. The Labute approximate surface area is 196 Å². The quantitative estimate of drug-likeness (QED) is 0.378. The number of hydrazone groups is 1. The van der Waals surface area contributed by atoms with Crippen LogP contribution < -0.4 is 9.73 Å². The standard InChI is InChI=1S/C22H21Cl2N3O4S/c1-14-4-8-20(15(2)10-14)27(32(3,29)30)13-22(28)26-25-12-17-6-9-21(31-17)18-7-5-16(23)11-19(18)24/h4-12H,13H2,1-3H3,(H,26,28)/b25-12+. The number of hydrogen-bond acceptors (Lipinski definition) is 5. The predicted octanol–water partition coefficient (Wildman–Crippen LogP) is 4.79. The van der Waals surface area contributed by atoms with Crippen LogP contribution in [0.1, 0.15) is 16.9 Å². The monoisotopic (exact) mass is 493 g/mol. The zero-order chi connectivity index (χ0) is 23.5. The van der Waals surface area contributed by atoms with Crippen LogP contribution in [0.3, 0.4) is 0 Å². The number of anilines is 1. The number of amides is 1. The summed E-state index contributed by atoms with van der Waals surface area (Å²) in [6, 6.07) is 13.7. The number of rotatable bonds is 7. The van der Waals surface area contributed by atoms with Crippen LogP contribution in [-0.2, 0) is 14.8 Å². The van der Waals surface area contributed by atoms with Gasteiger partial charge in [0.1, 0.15) is 18.1 Å². The van der Waals surface area contributed by atoms with E-state index >= 15 is 0 Å². The second-order valence-corrected chi connectivity index (χ2v) is 9.93. The van der Waals surface area contributed by atoms with Crippen LogP contribution in [-0.4, -0.2) is 33.3 Å². The maximum absolute atomic E-state index is 12.4. The van der Waals surface area contributed by atoms with Crippen molar-refractivity contribution in [3.05, 3.63) is 75.5 Å². The number of nitrogens with zero attached hydrogens (tertiary/aromatic N) is 2. The van der Waals surface area contributed by atoms with Crippen LogP contribution in [0.2, 0.25) is 10.0 Å². The van der Waals surface area contributed by atoms with Crippen molar-refractivity contribution >= 4 is 51.0 Å². The number of carbonyl (C=O) groups is 1. The summed E-state index contributed by atoms with van der Waals surface area (Å²) in [5.74, 6) is 0.289. The third kappa shape index (κ3) is 5.91. The molecule has 1 aromatic heterocycles. The van der Waals surface area contributed by atoms with Crippen molar-refractivity contribution in [1.82, 2.24) is 5.43 Å². The Balaban J connectivity index is 1.69. The molecular weight excluding hydrogens is 473 g/mol. The summed E-state index contributed by atoms with van der Waals surface area (Å²) in [5.41, 5.74) is 5.16. The van der Waals surface area contributed by atoms with E-state index < -0.39 is 22.5 Å².